The Morgan fingerprint density at radius 2 is 1.31 bits per heavy atom. The van der Waals surface area contributed by atoms with Crippen molar-refractivity contribution in [1.82, 2.24) is 4.90 Å². The molecule has 1 unspecified atom stereocenters. The van der Waals surface area contributed by atoms with Crippen LogP contribution in [0.15, 0.2) is 11.9 Å². The molecule has 1 heterocycles. The van der Waals surface area contributed by atoms with Gasteiger partial charge in [0.05, 0.1) is 0 Å². The van der Waals surface area contributed by atoms with Crippen molar-refractivity contribution in [1.29, 1.82) is 0 Å². The van der Waals surface area contributed by atoms with Crippen molar-refractivity contribution in [2.45, 2.75) is 24.8 Å². The van der Waals surface area contributed by atoms with Crippen LogP contribution in [0, 0.1) is 0 Å². The molecule has 1 aliphatic rings. The first-order valence-corrected chi connectivity index (χ1v) is 4.43. The second-order valence-corrected chi connectivity index (χ2v) is 3.39. The molecule has 1 nitrogen and oxygen atoms in total. The Bertz CT molecular complexity index is 287. The first-order chi connectivity index (χ1) is 7.21. The van der Waals surface area contributed by atoms with Crippen LogP contribution in [0.5, 0.6) is 0 Å². The lowest BCUT2D eigenvalue weighted by molar-refractivity contribution is -0.271. The molecule has 0 aromatic heterocycles. The van der Waals surface area contributed by atoms with Crippen molar-refractivity contribution in [2.75, 3.05) is 13.1 Å². The van der Waals surface area contributed by atoms with E-state index >= 15 is 0 Å². The van der Waals surface area contributed by atoms with Gasteiger partial charge in [-0.25, -0.2) is 8.78 Å². The predicted octanol–water partition coefficient (Wildman–Crippen LogP) is 3.39. The lowest BCUT2D eigenvalue weighted by Gasteiger charge is -2.33. The fraction of sp³-hybridized carbons (Fsp3) is 0.750. The summed E-state index contributed by atoms with van der Waals surface area (Å²) in [7, 11) is 0. The molecule has 0 bridgehead atoms. The van der Waals surface area contributed by atoms with E-state index in [1.54, 1.807) is 0 Å². The molecule has 0 aromatic carbocycles. The fourth-order valence-electron chi connectivity index (χ4n) is 1.59. The molecular formula is C8H8F7N. The third-order valence-corrected chi connectivity index (χ3v) is 2.37. The van der Waals surface area contributed by atoms with Gasteiger partial charge < -0.3 is 0 Å². The summed E-state index contributed by atoms with van der Waals surface area (Å²) in [4.78, 5) is 0.0431. The maximum Gasteiger partial charge on any atom is 0.443 e. The molecule has 0 aromatic rings. The van der Waals surface area contributed by atoms with E-state index in [1.165, 1.54) is 0 Å². The summed E-state index contributed by atoms with van der Waals surface area (Å²) in [6.07, 6.45) is -8.59. The van der Waals surface area contributed by atoms with Crippen molar-refractivity contribution in [3.05, 3.63) is 11.9 Å². The smallest absolute Gasteiger partial charge is 0.258 e. The van der Waals surface area contributed by atoms with E-state index in [9.17, 15) is 30.7 Å². The molecule has 1 atom stereocenters. The van der Waals surface area contributed by atoms with E-state index in [2.05, 4.69) is 0 Å². The minimum absolute atomic E-state index is 0.0431. The summed E-state index contributed by atoms with van der Waals surface area (Å²) in [5.41, 5.74) is 0. The number of alkyl halides is 4. The van der Waals surface area contributed by atoms with Gasteiger partial charge in [-0.05, 0) is 12.8 Å². The largest absolute Gasteiger partial charge is 0.443 e. The number of halogens is 7. The summed E-state index contributed by atoms with van der Waals surface area (Å²) in [6.45, 7) is -0.812. The summed E-state index contributed by atoms with van der Waals surface area (Å²) in [5, 5.41) is 0. The highest BCUT2D eigenvalue weighted by atomic mass is 19.4. The standard InChI is InChI=1S/C8H8F7N/c9-5(6(10)11)7(12,8(13,14)15)16-3-1-2-4-16/h1-4H2. The van der Waals surface area contributed by atoms with Crippen LogP contribution in [0.4, 0.5) is 30.7 Å². The van der Waals surface area contributed by atoms with E-state index in [1.807, 2.05) is 0 Å². The number of hydrogen-bond acceptors (Lipinski definition) is 1. The molecule has 0 amide bonds. The number of hydrogen-bond donors (Lipinski definition) is 0. The fourth-order valence-corrected chi connectivity index (χ4v) is 1.59. The minimum atomic E-state index is -5.73. The van der Waals surface area contributed by atoms with E-state index in [-0.39, 0.29) is 17.7 Å². The van der Waals surface area contributed by atoms with Gasteiger partial charge in [0.2, 0.25) is 5.83 Å². The maximum absolute atomic E-state index is 13.5. The summed E-state index contributed by atoms with van der Waals surface area (Å²) >= 11 is 0. The Balaban J connectivity index is 3.17. The summed E-state index contributed by atoms with van der Waals surface area (Å²) in [6, 6.07) is 0. The van der Waals surface area contributed by atoms with Gasteiger partial charge in [-0.1, -0.05) is 0 Å². The van der Waals surface area contributed by atoms with Gasteiger partial charge in [0, 0.05) is 13.1 Å². The van der Waals surface area contributed by atoms with E-state index < -0.39 is 37.0 Å². The maximum atomic E-state index is 13.5. The molecular weight excluding hydrogens is 243 g/mol. The highest BCUT2D eigenvalue weighted by molar-refractivity contribution is 5.14. The van der Waals surface area contributed by atoms with Gasteiger partial charge >= 0.3 is 18.0 Å². The third kappa shape index (κ3) is 2.02. The third-order valence-electron chi connectivity index (χ3n) is 2.37. The molecule has 1 fully saturated rings. The van der Waals surface area contributed by atoms with E-state index in [0.29, 0.717) is 0 Å². The Kier molecular flexibility index (Phi) is 3.51. The molecule has 1 rings (SSSR count). The van der Waals surface area contributed by atoms with Gasteiger partial charge in [-0.15, -0.1) is 0 Å². The second-order valence-electron chi connectivity index (χ2n) is 3.39. The average molecular weight is 251 g/mol. The van der Waals surface area contributed by atoms with Crippen molar-refractivity contribution in [3.8, 4) is 0 Å². The molecule has 16 heavy (non-hydrogen) atoms. The van der Waals surface area contributed by atoms with Crippen LogP contribution in [0.3, 0.4) is 0 Å². The molecule has 0 saturated carbocycles. The van der Waals surface area contributed by atoms with Crippen molar-refractivity contribution < 1.29 is 30.7 Å². The minimum Gasteiger partial charge on any atom is -0.258 e. The summed E-state index contributed by atoms with van der Waals surface area (Å²) < 4.78 is 87.0. The van der Waals surface area contributed by atoms with Crippen LogP contribution in [0.25, 0.3) is 0 Å². The Labute approximate surface area is 86.5 Å². The van der Waals surface area contributed by atoms with Crippen LogP contribution in [0.2, 0.25) is 0 Å². The van der Waals surface area contributed by atoms with Crippen molar-refractivity contribution >= 4 is 0 Å². The molecule has 0 aliphatic carbocycles. The quantitative estimate of drug-likeness (QED) is 0.537. The Morgan fingerprint density at radius 1 is 0.875 bits per heavy atom. The lowest BCUT2D eigenvalue weighted by atomic mass is 10.2. The zero-order valence-electron chi connectivity index (χ0n) is 7.92. The first-order valence-electron chi connectivity index (χ1n) is 4.43. The molecule has 0 radical (unpaired) electrons. The Hall–Kier alpha value is -0.790. The first kappa shape index (κ1) is 13.3. The molecule has 94 valence electrons. The van der Waals surface area contributed by atoms with Crippen molar-refractivity contribution in [3.63, 3.8) is 0 Å². The zero-order chi connectivity index (χ0) is 12.6. The normalized spacial score (nSPS) is 21.9. The molecule has 1 aliphatic heterocycles. The zero-order valence-corrected chi connectivity index (χ0v) is 7.92. The van der Waals surface area contributed by atoms with Crippen LogP contribution < -0.4 is 0 Å². The van der Waals surface area contributed by atoms with Crippen LogP contribution in [-0.2, 0) is 0 Å². The summed E-state index contributed by atoms with van der Waals surface area (Å²) in [5.74, 6) is -7.77. The van der Waals surface area contributed by atoms with Gasteiger partial charge in [0.1, 0.15) is 0 Å². The molecule has 1 saturated heterocycles. The van der Waals surface area contributed by atoms with E-state index in [4.69, 9.17) is 0 Å². The number of likely N-dealkylation sites (tertiary alicyclic amines) is 1. The van der Waals surface area contributed by atoms with Crippen molar-refractivity contribution in [2.24, 2.45) is 0 Å². The van der Waals surface area contributed by atoms with Crippen LogP contribution in [0.1, 0.15) is 12.8 Å². The SMILES string of the molecule is FC(F)=C(F)C(F)(N1CCCC1)C(F)(F)F. The van der Waals surface area contributed by atoms with Gasteiger partial charge in [-0.2, -0.15) is 22.0 Å². The second kappa shape index (κ2) is 4.23. The number of nitrogens with zero attached hydrogens (tertiary/aromatic N) is 1. The highest BCUT2D eigenvalue weighted by Crippen LogP contribution is 2.45. The van der Waals surface area contributed by atoms with Gasteiger partial charge in [-0.3, -0.25) is 4.90 Å². The highest BCUT2D eigenvalue weighted by Gasteiger charge is 2.65. The monoisotopic (exact) mass is 251 g/mol. The van der Waals surface area contributed by atoms with Crippen LogP contribution >= 0.6 is 0 Å². The van der Waals surface area contributed by atoms with Crippen LogP contribution in [-0.4, -0.2) is 30.0 Å². The predicted molar refractivity (Wildman–Crippen MR) is 41.1 cm³/mol. The number of rotatable bonds is 2. The molecule has 8 heteroatoms. The van der Waals surface area contributed by atoms with E-state index in [0.717, 1.165) is 0 Å². The lowest BCUT2D eigenvalue weighted by Crippen LogP contribution is -2.55. The van der Waals surface area contributed by atoms with Gasteiger partial charge in [0.25, 0.3) is 0 Å². The Morgan fingerprint density at radius 3 is 1.62 bits per heavy atom. The topological polar surface area (TPSA) is 3.24 Å². The molecule has 0 N–H and O–H groups in total. The van der Waals surface area contributed by atoms with Gasteiger partial charge in [0.15, 0.2) is 0 Å². The average Bonchev–Trinajstić information content (AvgIpc) is 2.66. The molecule has 0 spiro atoms.